The lowest BCUT2D eigenvalue weighted by atomic mass is 9.89. The van der Waals surface area contributed by atoms with Crippen LogP contribution in [-0.2, 0) is 32.2 Å². The van der Waals surface area contributed by atoms with E-state index in [0.29, 0.717) is 13.1 Å². The predicted molar refractivity (Wildman–Crippen MR) is 163 cm³/mol. The summed E-state index contributed by atoms with van der Waals surface area (Å²) in [5, 5.41) is 9.56. The van der Waals surface area contributed by atoms with Gasteiger partial charge in [-0.15, -0.1) is 0 Å². The van der Waals surface area contributed by atoms with E-state index < -0.39 is 11.9 Å². The fourth-order valence-corrected chi connectivity index (χ4v) is 6.04. The molecule has 0 unspecified atom stereocenters. The van der Waals surface area contributed by atoms with E-state index in [-0.39, 0.29) is 36.7 Å². The van der Waals surface area contributed by atoms with Gasteiger partial charge < -0.3 is 25.1 Å². The first kappa shape index (κ1) is 30.4. The highest BCUT2D eigenvalue weighted by atomic mass is 16.7. The number of likely N-dealkylation sites (tertiary alicyclic amines) is 1. The summed E-state index contributed by atoms with van der Waals surface area (Å²) in [6.45, 7) is 9.78. The number of benzene rings is 3. The zero-order valence-corrected chi connectivity index (χ0v) is 25.2. The third kappa shape index (κ3) is 6.93. The van der Waals surface area contributed by atoms with Crippen molar-refractivity contribution in [1.29, 1.82) is 0 Å². The number of hydrogen-bond acceptors (Lipinski definition) is 7. The van der Waals surface area contributed by atoms with Crippen LogP contribution in [0.1, 0.15) is 75.2 Å². The first-order valence-electron chi connectivity index (χ1n) is 15.0. The van der Waals surface area contributed by atoms with Crippen molar-refractivity contribution in [2.24, 2.45) is 11.7 Å². The molecule has 0 aromatic heterocycles. The second-order valence-corrected chi connectivity index (χ2v) is 12.5. The maximum atomic E-state index is 13.1. The van der Waals surface area contributed by atoms with E-state index in [4.69, 9.17) is 19.9 Å². The molecular formula is C35H44N2O5. The van der Waals surface area contributed by atoms with E-state index >= 15 is 0 Å². The smallest absolute Gasteiger partial charge is 0.323 e. The molecule has 224 valence electrons. The Morgan fingerprint density at radius 2 is 1.69 bits per heavy atom. The van der Waals surface area contributed by atoms with Crippen molar-refractivity contribution in [1.82, 2.24) is 4.90 Å². The summed E-state index contributed by atoms with van der Waals surface area (Å²) >= 11 is 0. The van der Waals surface area contributed by atoms with Gasteiger partial charge in [0.25, 0.3) is 0 Å². The Bertz CT molecular complexity index is 1330. The summed E-state index contributed by atoms with van der Waals surface area (Å²) < 4.78 is 19.1. The number of aliphatic hydroxyl groups excluding tert-OH is 1. The fourth-order valence-electron chi connectivity index (χ4n) is 6.04. The zero-order chi connectivity index (χ0) is 29.9. The Hall–Kier alpha value is -3.07. The van der Waals surface area contributed by atoms with Crippen molar-refractivity contribution in [3.05, 3.63) is 95.1 Å². The molecule has 7 heteroatoms. The molecule has 2 aliphatic rings. The average molecular weight is 573 g/mol. The molecule has 2 saturated heterocycles. The molecule has 0 bridgehead atoms. The van der Waals surface area contributed by atoms with Crippen LogP contribution in [0.3, 0.4) is 0 Å². The number of aliphatic hydroxyl groups is 1. The van der Waals surface area contributed by atoms with Gasteiger partial charge in [-0.05, 0) is 68.0 Å². The Kier molecular flexibility index (Phi) is 9.45. The number of carbonyl (C=O) groups is 1. The largest absolute Gasteiger partial charge is 0.459 e. The van der Waals surface area contributed by atoms with Crippen LogP contribution in [-0.4, -0.2) is 46.8 Å². The molecule has 0 aliphatic carbocycles. The number of nitrogens with zero attached hydrogens (tertiary/aromatic N) is 1. The molecule has 3 N–H and O–H groups in total. The van der Waals surface area contributed by atoms with Crippen molar-refractivity contribution < 1.29 is 24.1 Å². The van der Waals surface area contributed by atoms with Crippen LogP contribution in [0.5, 0.6) is 0 Å². The quantitative estimate of drug-likeness (QED) is 0.325. The molecular weight excluding hydrogens is 528 g/mol. The van der Waals surface area contributed by atoms with Gasteiger partial charge in [0.1, 0.15) is 11.6 Å². The molecule has 7 nitrogen and oxygen atoms in total. The number of nitrogens with two attached hydrogens (primary N) is 1. The van der Waals surface area contributed by atoms with Crippen LogP contribution in [0, 0.1) is 5.92 Å². The predicted octanol–water partition coefficient (Wildman–Crippen LogP) is 5.90. The summed E-state index contributed by atoms with van der Waals surface area (Å²) in [4.78, 5) is 15.3. The topological polar surface area (TPSA) is 94.3 Å². The number of carbonyl (C=O) groups excluding carboxylic acids is 1. The van der Waals surface area contributed by atoms with Crippen LogP contribution in [0.25, 0.3) is 11.1 Å². The van der Waals surface area contributed by atoms with Gasteiger partial charge in [-0.25, -0.2) is 0 Å². The summed E-state index contributed by atoms with van der Waals surface area (Å²) in [5.74, 6) is -0.141. The Morgan fingerprint density at radius 1 is 1.00 bits per heavy atom. The van der Waals surface area contributed by atoms with Gasteiger partial charge in [-0.1, -0.05) is 79.7 Å². The number of ether oxygens (including phenoxy) is 3. The lowest BCUT2D eigenvalue weighted by Crippen LogP contribution is -2.48. The molecule has 2 heterocycles. The molecule has 2 aliphatic heterocycles. The molecule has 5 atom stereocenters. The van der Waals surface area contributed by atoms with Crippen LogP contribution in [0.15, 0.2) is 72.8 Å². The normalized spacial score (nSPS) is 25.0. The first-order valence-corrected chi connectivity index (χ1v) is 15.0. The second kappa shape index (κ2) is 13.1. The van der Waals surface area contributed by atoms with Gasteiger partial charge in [0.2, 0.25) is 0 Å². The number of hydrogen-bond donors (Lipinski definition) is 2. The van der Waals surface area contributed by atoms with Gasteiger partial charge in [0.15, 0.2) is 6.29 Å². The van der Waals surface area contributed by atoms with Gasteiger partial charge in [0.05, 0.1) is 18.8 Å². The van der Waals surface area contributed by atoms with Crippen molar-refractivity contribution in [3.63, 3.8) is 0 Å². The lowest BCUT2D eigenvalue weighted by molar-refractivity contribution is -0.276. The minimum Gasteiger partial charge on any atom is -0.459 e. The van der Waals surface area contributed by atoms with Gasteiger partial charge in [0, 0.05) is 24.6 Å². The van der Waals surface area contributed by atoms with Gasteiger partial charge in [-0.2, -0.15) is 0 Å². The van der Waals surface area contributed by atoms with E-state index in [9.17, 15) is 9.90 Å². The van der Waals surface area contributed by atoms with Crippen LogP contribution in [0.2, 0.25) is 0 Å². The molecule has 3 aromatic rings. The molecule has 3 aromatic carbocycles. The maximum absolute atomic E-state index is 13.1. The zero-order valence-electron chi connectivity index (χ0n) is 25.2. The highest BCUT2D eigenvalue weighted by Gasteiger charge is 2.42. The average Bonchev–Trinajstić information content (AvgIpc) is 3.46. The Labute approximate surface area is 249 Å². The minimum atomic E-state index is -0.574. The van der Waals surface area contributed by atoms with Crippen molar-refractivity contribution in [3.8, 4) is 11.1 Å². The van der Waals surface area contributed by atoms with E-state index in [1.54, 1.807) is 0 Å². The number of rotatable bonds is 8. The van der Waals surface area contributed by atoms with Crippen molar-refractivity contribution >= 4 is 5.97 Å². The molecule has 0 amide bonds. The molecule has 0 spiro atoms. The van der Waals surface area contributed by atoms with Gasteiger partial charge in [-0.3, -0.25) is 9.69 Å². The first-order chi connectivity index (χ1) is 20.2. The summed E-state index contributed by atoms with van der Waals surface area (Å²) in [7, 11) is 0. The van der Waals surface area contributed by atoms with E-state index in [1.807, 2.05) is 57.2 Å². The van der Waals surface area contributed by atoms with Crippen molar-refractivity contribution in [2.75, 3.05) is 13.1 Å². The second-order valence-electron chi connectivity index (χ2n) is 12.5. The highest BCUT2D eigenvalue weighted by Crippen LogP contribution is 2.42. The SMILES string of the molecule is C[C@H]1[C@@H](CN2CCC[C@H]2C(=O)OC(C)(C)C)O[C@@H](c2ccc(-c3ccccc3CN)cc2)O[C@H]1c1ccc(CO)cc1. The molecule has 5 rings (SSSR count). The van der Waals surface area contributed by atoms with Gasteiger partial charge >= 0.3 is 5.97 Å². The van der Waals surface area contributed by atoms with E-state index in [0.717, 1.165) is 52.8 Å². The lowest BCUT2D eigenvalue weighted by Gasteiger charge is -2.43. The summed E-state index contributed by atoms with van der Waals surface area (Å²) in [5.41, 5.74) is 11.6. The van der Waals surface area contributed by atoms with Crippen LogP contribution < -0.4 is 5.73 Å². The number of esters is 1. The Morgan fingerprint density at radius 3 is 2.36 bits per heavy atom. The highest BCUT2D eigenvalue weighted by molar-refractivity contribution is 5.76. The summed E-state index contributed by atoms with van der Waals surface area (Å²) in [6.07, 6.45) is 0.764. The summed E-state index contributed by atoms with van der Waals surface area (Å²) in [6, 6.07) is 24.1. The van der Waals surface area contributed by atoms with E-state index in [1.165, 1.54) is 0 Å². The maximum Gasteiger partial charge on any atom is 0.323 e. The third-order valence-corrected chi connectivity index (χ3v) is 8.31. The molecule has 0 saturated carbocycles. The molecule has 0 radical (unpaired) electrons. The molecule has 42 heavy (non-hydrogen) atoms. The third-order valence-electron chi connectivity index (χ3n) is 8.31. The van der Waals surface area contributed by atoms with Crippen molar-refractivity contribution in [2.45, 2.75) is 83.8 Å². The Balaban J connectivity index is 1.41. The van der Waals surface area contributed by atoms with Crippen LogP contribution >= 0.6 is 0 Å². The minimum absolute atomic E-state index is 0.00361. The molecule has 2 fully saturated rings. The van der Waals surface area contributed by atoms with Crippen LogP contribution in [0.4, 0.5) is 0 Å². The fraction of sp³-hybridized carbons (Fsp3) is 0.457. The standard InChI is InChI=1S/C35H44N2O5/c1-23-31(21-37-19-7-10-30(37)33(39)42-35(2,3)4)40-34(41-32(23)26-13-11-24(22-38)12-14-26)27-17-15-25(16-18-27)29-9-6-5-8-28(29)20-36/h5-6,8-9,11-18,23,30-32,34,38H,7,10,19-22,36H2,1-4H3/t23-,30-,31+,32+,34+/m0/s1. The monoisotopic (exact) mass is 572 g/mol. The van der Waals surface area contributed by atoms with E-state index in [2.05, 4.69) is 48.2 Å².